The standard InChI is InChI=1S/C5H10N3/c1-3-4-8-5(6)7-2/h3H,1,4H2,2H3,(H2,6,8). The highest BCUT2D eigenvalue weighted by Crippen LogP contribution is 1.68. The molecule has 45 valence electrons. The van der Waals surface area contributed by atoms with E-state index < -0.39 is 0 Å². The first-order valence-corrected chi connectivity index (χ1v) is 2.32. The molecule has 0 aromatic carbocycles. The molecule has 0 aromatic rings. The lowest BCUT2D eigenvalue weighted by atomic mass is 10.6. The summed E-state index contributed by atoms with van der Waals surface area (Å²) in [6.45, 7) is 4.01. The van der Waals surface area contributed by atoms with Gasteiger partial charge in [-0.2, -0.15) is 0 Å². The van der Waals surface area contributed by atoms with Crippen LogP contribution in [0.5, 0.6) is 0 Å². The molecule has 0 fully saturated rings. The zero-order valence-corrected chi connectivity index (χ0v) is 4.96. The third-order valence-electron chi connectivity index (χ3n) is 0.611. The van der Waals surface area contributed by atoms with E-state index in [1.54, 1.807) is 13.1 Å². The second kappa shape index (κ2) is 4.18. The van der Waals surface area contributed by atoms with Crippen LogP contribution in [0, 0.1) is 0 Å². The quantitative estimate of drug-likeness (QED) is 0.298. The Labute approximate surface area is 49.3 Å². The minimum Gasteiger partial charge on any atom is -0.368 e. The number of aliphatic imine (C=N–C) groups is 1. The zero-order chi connectivity index (χ0) is 6.41. The third kappa shape index (κ3) is 3.21. The van der Waals surface area contributed by atoms with Gasteiger partial charge in [-0.25, -0.2) is 4.99 Å². The van der Waals surface area contributed by atoms with Gasteiger partial charge in [-0.05, 0) is 0 Å². The fourth-order valence-electron chi connectivity index (χ4n) is 0.229. The maximum atomic E-state index is 5.19. The summed E-state index contributed by atoms with van der Waals surface area (Å²) in [6, 6.07) is 0. The van der Waals surface area contributed by atoms with Crippen LogP contribution >= 0.6 is 0 Å². The first-order valence-electron chi connectivity index (χ1n) is 2.32. The van der Waals surface area contributed by atoms with E-state index in [-0.39, 0.29) is 0 Å². The molecule has 0 aliphatic rings. The van der Waals surface area contributed by atoms with Gasteiger partial charge in [-0.1, -0.05) is 6.08 Å². The van der Waals surface area contributed by atoms with Crippen LogP contribution in [0.25, 0.3) is 0 Å². The van der Waals surface area contributed by atoms with Crippen LogP contribution in [0.15, 0.2) is 17.6 Å². The number of nitrogens with zero attached hydrogens (tertiary/aromatic N) is 2. The predicted octanol–water partition coefficient (Wildman–Crippen LogP) is -0.279. The van der Waals surface area contributed by atoms with Crippen LogP contribution in [-0.2, 0) is 0 Å². The van der Waals surface area contributed by atoms with E-state index in [4.69, 9.17) is 5.73 Å². The van der Waals surface area contributed by atoms with Crippen LogP contribution in [0.4, 0.5) is 0 Å². The molecule has 1 radical (unpaired) electrons. The molecule has 0 aliphatic carbocycles. The normalized spacial score (nSPS) is 10.9. The van der Waals surface area contributed by atoms with Gasteiger partial charge < -0.3 is 5.73 Å². The van der Waals surface area contributed by atoms with Gasteiger partial charge in [-0.15, -0.1) is 6.58 Å². The fraction of sp³-hybridized carbons (Fsp3) is 0.400. The molecule has 0 saturated carbocycles. The van der Waals surface area contributed by atoms with Gasteiger partial charge in [0.05, 0.1) is 6.54 Å². The van der Waals surface area contributed by atoms with E-state index in [1.165, 1.54) is 0 Å². The first kappa shape index (κ1) is 7.01. The minimum absolute atomic E-state index is 0.324. The lowest BCUT2D eigenvalue weighted by molar-refractivity contribution is 1.08. The molecule has 0 bridgehead atoms. The van der Waals surface area contributed by atoms with Gasteiger partial charge in [0.1, 0.15) is 0 Å². The van der Waals surface area contributed by atoms with Gasteiger partial charge in [0.15, 0.2) is 0 Å². The molecule has 0 aliphatic heterocycles. The van der Waals surface area contributed by atoms with Gasteiger partial charge >= 0.3 is 0 Å². The van der Waals surface area contributed by atoms with Crippen molar-refractivity contribution in [2.24, 2.45) is 10.7 Å². The number of rotatable bonds is 2. The van der Waals surface area contributed by atoms with Crippen LogP contribution in [0.3, 0.4) is 0 Å². The highest BCUT2D eigenvalue weighted by atomic mass is 15.1. The summed E-state index contributed by atoms with van der Waals surface area (Å²) in [5.74, 6) is 0.324. The van der Waals surface area contributed by atoms with Crippen molar-refractivity contribution in [1.29, 1.82) is 0 Å². The van der Waals surface area contributed by atoms with Crippen LogP contribution in [-0.4, -0.2) is 19.6 Å². The molecule has 3 nitrogen and oxygen atoms in total. The number of nitrogens with two attached hydrogens (primary N) is 1. The summed E-state index contributed by atoms with van der Waals surface area (Å²) in [5, 5.41) is 3.61. The van der Waals surface area contributed by atoms with E-state index in [0.717, 1.165) is 0 Å². The summed E-state index contributed by atoms with van der Waals surface area (Å²) in [5.41, 5.74) is 5.19. The molecular weight excluding hydrogens is 102 g/mol. The Bertz CT molecular complexity index is 95.8. The molecule has 8 heavy (non-hydrogen) atoms. The minimum atomic E-state index is 0.324. The van der Waals surface area contributed by atoms with Crippen molar-refractivity contribution in [3.63, 3.8) is 0 Å². The zero-order valence-electron chi connectivity index (χ0n) is 4.96. The predicted molar refractivity (Wildman–Crippen MR) is 34.7 cm³/mol. The van der Waals surface area contributed by atoms with E-state index in [9.17, 15) is 0 Å². The van der Waals surface area contributed by atoms with E-state index in [2.05, 4.69) is 16.9 Å². The maximum Gasteiger partial charge on any atom is 0.210 e. The lowest BCUT2D eigenvalue weighted by Crippen LogP contribution is -2.21. The Morgan fingerprint density at radius 3 is 2.88 bits per heavy atom. The van der Waals surface area contributed by atoms with Crippen LogP contribution < -0.4 is 11.1 Å². The highest BCUT2D eigenvalue weighted by Gasteiger charge is 1.79. The summed E-state index contributed by atoms with van der Waals surface area (Å²) >= 11 is 0. The molecule has 0 amide bonds. The molecule has 0 atom stereocenters. The molecule has 3 heteroatoms. The molecule has 2 N–H and O–H groups in total. The van der Waals surface area contributed by atoms with Crippen molar-refractivity contribution in [2.45, 2.75) is 0 Å². The average Bonchev–Trinajstić information content (AvgIpc) is 1.83. The van der Waals surface area contributed by atoms with Gasteiger partial charge in [-0.3, -0.25) is 5.32 Å². The molecule has 0 rings (SSSR count). The SMILES string of the molecule is C=CCN=C(N)[N]C. The summed E-state index contributed by atoms with van der Waals surface area (Å²) in [7, 11) is 1.60. The Morgan fingerprint density at radius 2 is 2.50 bits per heavy atom. The molecule has 0 aromatic heterocycles. The smallest absolute Gasteiger partial charge is 0.210 e. The van der Waals surface area contributed by atoms with E-state index in [1.807, 2.05) is 0 Å². The van der Waals surface area contributed by atoms with E-state index >= 15 is 0 Å². The Hall–Kier alpha value is -0.990. The topological polar surface area (TPSA) is 52.5 Å². The highest BCUT2D eigenvalue weighted by molar-refractivity contribution is 5.77. The van der Waals surface area contributed by atoms with Crippen LogP contribution in [0.2, 0.25) is 0 Å². The van der Waals surface area contributed by atoms with Gasteiger partial charge in [0.2, 0.25) is 5.96 Å². The van der Waals surface area contributed by atoms with Gasteiger partial charge in [0, 0.05) is 7.05 Å². The van der Waals surface area contributed by atoms with Crippen molar-refractivity contribution in [3.05, 3.63) is 12.7 Å². The summed E-state index contributed by atoms with van der Waals surface area (Å²) < 4.78 is 0. The lowest BCUT2D eigenvalue weighted by Gasteiger charge is -1.90. The van der Waals surface area contributed by atoms with Crippen molar-refractivity contribution in [3.8, 4) is 0 Å². The number of hydrogen-bond acceptors (Lipinski definition) is 1. The molecular formula is C5H10N3. The average molecular weight is 112 g/mol. The molecule has 0 heterocycles. The second-order valence-corrected chi connectivity index (χ2v) is 1.21. The van der Waals surface area contributed by atoms with Crippen molar-refractivity contribution in [1.82, 2.24) is 5.32 Å². The monoisotopic (exact) mass is 112 g/mol. The molecule has 0 unspecified atom stereocenters. The van der Waals surface area contributed by atoms with E-state index in [0.29, 0.717) is 12.5 Å². The summed E-state index contributed by atoms with van der Waals surface area (Å²) in [6.07, 6.45) is 1.66. The maximum absolute atomic E-state index is 5.19. The fourth-order valence-corrected chi connectivity index (χ4v) is 0.229. The third-order valence-corrected chi connectivity index (χ3v) is 0.611. The van der Waals surface area contributed by atoms with Crippen LogP contribution in [0.1, 0.15) is 0 Å². The van der Waals surface area contributed by atoms with Crippen molar-refractivity contribution >= 4 is 5.96 Å². The Kier molecular flexibility index (Phi) is 3.66. The molecule has 0 spiro atoms. The Balaban J connectivity index is 3.40. The Morgan fingerprint density at radius 1 is 1.88 bits per heavy atom. The first-order chi connectivity index (χ1) is 3.81. The largest absolute Gasteiger partial charge is 0.368 e. The number of hydrogen-bond donors (Lipinski definition) is 1. The summed E-state index contributed by atoms with van der Waals surface area (Å²) in [4.78, 5) is 3.77. The molecule has 0 saturated heterocycles. The van der Waals surface area contributed by atoms with Crippen molar-refractivity contribution < 1.29 is 0 Å². The second-order valence-electron chi connectivity index (χ2n) is 1.21. The van der Waals surface area contributed by atoms with Crippen molar-refractivity contribution in [2.75, 3.05) is 13.6 Å². The van der Waals surface area contributed by atoms with Gasteiger partial charge in [0.25, 0.3) is 0 Å². The number of guanidine groups is 1.